The van der Waals surface area contributed by atoms with Gasteiger partial charge in [0.1, 0.15) is 41.2 Å². The molecular formula is C52H66O13. The van der Waals surface area contributed by atoms with E-state index in [1.807, 2.05) is 0 Å². The van der Waals surface area contributed by atoms with Crippen LogP contribution in [0.4, 0.5) is 0 Å². The monoisotopic (exact) mass is 898 g/mol. The van der Waals surface area contributed by atoms with E-state index in [9.17, 15) is 45.3 Å². The molecule has 5 saturated carbocycles. The Bertz CT molecular complexity index is 2370. The number of aromatic carboxylic acids is 1. The van der Waals surface area contributed by atoms with Gasteiger partial charge in [-0.2, -0.15) is 0 Å². The summed E-state index contributed by atoms with van der Waals surface area (Å²) in [6, 6.07) is 2.27. The highest BCUT2D eigenvalue weighted by Gasteiger charge is 2.69. The summed E-state index contributed by atoms with van der Waals surface area (Å²) in [5, 5.41) is 78.9. The van der Waals surface area contributed by atoms with Gasteiger partial charge in [0.05, 0.1) is 36.3 Å². The highest BCUT2D eigenvalue weighted by molar-refractivity contribution is 6.11. The minimum atomic E-state index is -1.78. The number of aromatic hydroxyl groups is 2. The predicted octanol–water partition coefficient (Wildman–Crippen LogP) is 7.03. The number of carboxylic acids is 1. The van der Waals surface area contributed by atoms with Crippen molar-refractivity contribution in [2.45, 2.75) is 147 Å². The van der Waals surface area contributed by atoms with Crippen LogP contribution in [-0.4, -0.2) is 111 Å². The number of benzene rings is 2. The standard InChI is InChI=1S/C52H66O13/c1-27-38(28(2)55)43(57)40-32(42(27)56)17-30(46(60)61)18-36(40)64-47-44(58)45(59)52(37(22-54)65-47)21-33-34-20-48(14-15-50(25-48)12-5-11-49(50)9-3-4-10-49)19-31-23-62-26-51(41(31)34,13-6-16-53)35-8-7-29(24-63-52)39(33)35/h8,17-18,31,33-34,37,41,44-45,47,53-54,56-59H,3-7,9-16,19-26H2,1-2H3,(H,60,61). The van der Waals surface area contributed by atoms with Crippen LogP contribution in [0.2, 0.25) is 0 Å². The first kappa shape index (κ1) is 44.0. The summed E-state index contributed by atoms with van der Waals surface area (Å²) in [5.74, 6) is -2.46. The molecular weight excluding hydrogens is 833 g/mol. The fourth-order valence-corrected chi connectivity index (χ4v) is 17.2. The lowest BCUT2D eigenvalue weighted by Gasteiger charge is -2.64. The van der Waals surface area contributed by atoms with Crippen LogP contribution >= 0.6 is 0 Å². The minimum absolute atomic E-state index is 0.0553. The van der Waals surface area contributed by atoms with Crippen molar-refractivity contribution in [1.29, 1.82) is 0 Å². The third-order valence-electron chi connectivity index (χ3n) is 19.5. The number of fused-ring (bicyclic) bond motifs is 4. The number of carbonyl (C=O) groups excluding carboxylic acids is 1. The first-order valence-corrected chi connectivity index (χ1v) is 24.5. The predicted molar refractivity (Wildman–Crippen MR) is 237 cm³/mol. The largest absolute Gasteiger partial charge is 0.507 e. The van der Waals surface area contributed by atoms with Crippen LogP contribution in [0.15, 0.2) is 34.9 Å². The van der Waals surface area contributed by atoms with Crippen molar-refractivity contribution in [1.82, 2.24) is 0 Å². The molecule has 2 saturated heterocycles. The number of hydrogen-bond donors (Lipinski definition) is 7. The average molecular weight is 899 g/mol. The Balaban J connectivity index is 0.971. The number of ketones is 1. The zero-order valence-corrected chi connectivity index (χ0v) is 37.8. The summed E-state index contributed by atoms with van der Waals surface area (Å²) in [7, 11) is 0. The maximum Gasteiger partial charge on any atom is 0.335 e. The third-order valence-corrected chi connectivity index (χ3v) is 19.5. The average Bonchev–Trinajstić information content (AvgIpc) is 4.08. The number of phenols is 2. The number of carboxylic acid groups (broad SMARTS) is 1. The maximum absolute atomic E-state index is 12.7. The highest BCUT2D eigenvalue weighted by atomic mass is 16.7. The molecule has 352 valence electrons. The molecule has 0 aromatic heterocycles. The van der Waals surface area contributed by atoms with Crippen molar-refractivity contribution in [3.05, 3.63) is 51.6 Å². The Hall–Kier alpha value is -3.56. The summed E-state index contributed by atoms with van der Waals surface area (Å²) in [6.07, 6.45) is 13.9. The molecule has 4 spiro atoms. The van der Waals surface area contributed by atoms with Gasteiger partial charge >= 0.3 is 5.97 Å². The number of aliphatic hydroxyl groups excluding tert-OH is 4. The van der Waals surface area contributed by atoms with Gasteiger partial charge in [0.2, 0.25) is 6.29 Å². The van der Waals surface area contributed by atoms with E-state index in [4.69, 9.17) is 18.9 Å². The fraction of sp³-hybridized carbons (Fsp3) is 0.692. The molecule has 3 heterocycles. The molecule has 6 aliphatic carbocycles. The topological polar surface area (TPSA) is 213 Å². The molecule has 0 amide bonds. The molecule has 7 N–H and O–H groups in total. The fourth-order valence-electron chi connectivity index (χ4n) is 17.2. The number of phenolic OH excluding ortho intramolecular Hbond substituents is 2. The number of allylic oxidation sites excluding steroid dienone is 2. The molecule has 3 aliphatic heterocycles. The molecule has 2 aromatic rings. The van der Waals surface area contributed by atoms with Crippen LogP contribution in [-0.2, 0) is 14.2 Å². The van der Waals surface area contributed by atoms with Crippen LogP contribution in [0.25, 0.3) is 10.8 Å². The highest BCUT2D eigenvalue weighted by Crippen LogP contribution is 2.76. The number of carbonyl (C=O) groups is 2. The summed E-state index contributed by atoms with van der Waals surface area (Å²) in [6.45, 7) is 3.63. The second-order valence-electron chi connectivity index (χ2n) is 22.2. The Morgan fingerprint density at radius 3 is 2.45 bits per heavy atom. The van der Waals surface area contributed by atoms with E-state index in [1.54, 1.807) is 0 Å². The number of ether oxygens (including phenoxy) is 4. The van der Waals surface area contributed by atoms with Gasteiger partial charge in [-0.25, -0.2) is 4.79 Å². The SMILES string of the molecule is CC(=O)c1c(C)c(O)c2cc(C(=O)O)cc(OC3OC(CO)C4(CC5C6=C(CC=C6C6(CCCO)COCC7CC8(CCC9(CCCC9%10CCCC%10)C8)CC5C76)CO4)C(O)C3O)c2c1O. The van der Waals surface area contributed by atoms with Gasteiger partial charge in [-0.15, -0.1) is 0 Å². The summed E-state index contributed by atoms with van der Waals surface area (Å²) >= 11 is 0. The van der Waals surface area contributed by atoms with E-state index in [0.717, 1.165) is 37.0 Å². The second-order valence-corrected chi connectivity index (χ2v) is 22.2. The normalized spacial score (nSPS) is 40.2. The molecule has 13 nitrogen and oxygen atoms in total. The summed E-state index contributed by atoms with van der Waals surface area (Å²) < 4.78 is 26.4. The van der Waals surface area contributed by atoms with Crippen LogP contribution in [0.3, 0.4) is 0 Å². The van der Waals surface area contributed by atoms with Crippen LogP contribution < -0.4 is 4.74 Å². The first-order chi connectivity index (χ1) is 31.2. The van der Waals surface area contributed by atoms with E-state index < -0.39 is 60.1 Å². The lowest BCUT2D eigenvalue weighted by atomic mass is 9.42. The molecule has 65 heavy (non-hydrogen) atoms. The summed E-state index contributed by atoms with van der Waals surface area (Å²) in [4.78, 5) is 25.1. The van der Waals surface area contributed by atoms with Crippen molar-refractivity contribution >= 4 is 22.5 Å². The van der Waals surface area contributed by atoms with E-state index in [1.165, 1.54) is 89.2 Å². The van der Waals surface area contributed by atoms with Gasteiger partial charge < -0.3 is 54.7 Å². The van der Waals surface area contributed by atoms with Crippen molar-refractivity contribution in [3.63, 3.8) is 0 Å². The molecule has 0 radical (unpaired) electrons. The van der Waals surface area contributed by atoms with Crippen molar-refractivity contribution < 1.29 is 64.3 Å². The number of aliphatic hydroxyl groups is 4. The molecule has 9 aliphatic rings. The molecule has 2 aromatic carbocycles. The maximum atomic E-state index is 12.7. The van der Waals surface area contributed by atoms with Crippen LogP contribution in [0.1, 0.15) is 136 Å². The molecule has 11 rings (SSSR count). The Kier molecular flexibility index (Phi) is 10.5. The number of hydrogen-bond acceptors (Lipinski definition) is 12. The van der Waals surface area contributed by atoms with Crippen molar-refractivity contribution in [2.24, 2.45) is 45.3 Å². The molecule has 0 bridgehead atoms. The third kappa shape index (κ3) is 6.13. The number of rotatable bonds is 8. The first-order valence-electron chi connectivity index (χ1n) is 24.5. The van der Waals surface area contributed by atoms with E-state index in [0.29, 0.717) is 42.8 Å². The Labute approximate surface area is 379 Å². The molecule has 12 unspecified atom stereocenters. The lowest BCUT2D eigenvalue weighted by Crippen LogP contribution is -2.70. The Morgan fingerprint density at radius 1 is 0.938 bits per heavy atom. The lowest BCUT2D eigenvalue weighted by molar-refractivity contribution is -0.326. The van der Waals surface area contributed by atoms with E-state index in [2.05, 4.69) is 6.08 Å². The zero-order valence-electron chi connectivity index (χ0n) is 37.8. The molecule has 13 heteroatoms. The smallest absolute Gasteiger partial charge is 0.335 e. The van der Waals surface area contributed by atoms with Crippen molar-refractivity contribution in [2.75, 3.05) is 33.0 Å². The van der Waals surface area contributed by atoms with Gasteiger partial charge in [-0.3, -0.25) is 4.79 Å². The van der Waals surface area contributed by atoms with E-state index >= 15 is 0 Å². The molecule has 7 fully saturated rings. The van der Waals surface area contributed by atoms with Crippen LogP contribution in [0.5, 0.6) is 17.2 Å². The van der Waals surface area contributed by atoms with Gasteiger partial charge in [0, 0.05) is 29.6 Å². The minimum Gasteiger partial charge on any atom is -0.507 e. The molecule has 12 atom stereocenters. The van der Waals surface area contributed by atoms with Gasteiger partial charge in [0.25, 0.3) is 0 Å². The van der Waals surface area contributed by atoms with E-state index in [-0.39, 0.29) is 81.4 Å². The second kappa shape index (κ2) is 15.5. The van der Waals surface area contributed by atoms with Gasteiger partial charge in [-0.05, 0) is 166 Å². The summed E-state index contributed by atoms with van der Waals surface area (Å²) in [5.41, 5.74) is 2.42. The van der Waals surface area contributed by atoms with Gasteiger partial charge in [0.15, 0.2) is 5.78 Å². The van der Waals surface area contributed by atoms with Gasteiger partial charge in [-0.1, -0.05) is 25.3 Å². The number of Topliss-reactive ketones (excluding diaryl/α,β-unsaturated/α-hetero) is 1. The van der Waals surface area contributed by atoms with Crippen molar-refractivity contribution in [3.8, 4) is 17.2 Å². The quantitative estimate of drug-likeness (QED) is 0.105. The zero-order chi connectivity index (χ0) is 45.4. The van der Waals surface area contributed by atoms with Crippen LogP contribution in [0, 0.1) is 52.3 Å². The Morgan fingerprint density at radius 2 is 1.71 bits per heavy atom.